The van der Waals surface area contributed by atoms with E-state index < -0.39 is 0 Å². The first-order chi connectivity index (χ1) is 8.79. The molecule has 6 nitrogen and oxygen atoms in total. The molecule has 0 atom stereocenters. The molecule has 0 spiro atoms. The number of hydrogen-bond acceptors (Lipinski definition) is 4. The topological polar surface area (TPSA) is 69.0 Å². The molecule has 2 aromatic rings. The molecule has 0 fully saturated rings. The van der Waals surface area contributed by atoms with Gasteiger partial charge in [0.05, 0.1) is 43.0 Å². The number of nitrogens with zero attached hydrogens (tertiary/aromatic N) is 3. The molecule has 2 heterocycles. The highest BCUT2D eigenvalue weighted by atomic mass is 16.5. The highest BCUT2D eigenvalue weighted by Crippen LogP contribution is 2.10. The molecule has 0 saturated heterocycles. The van der Waals surface area contributed by atoms with Gasteiger partial charge < -0.3 is 10.1 Å². The average Bonchev–Trinajstić information content (AvgIpc) is 2.86. The zero-order chi connectivity index (χ0) is 12.8. The quantitative estimate of drug-likeness (QED) is 0.861. The predicted octanol–water partition coefficient (Wildman–Crippen LogP) is 1.24. The number of carbonyl (C=O) groups is 1. The SMILES string of the molecule is COCCC(=O)Nc1cnn(-c2cccnc2)c1. The summed E-state index contributed by atoms with van der Waals surface area (Å²) in [6.45, 7) is 0.405. The maximum atomic E-state index is 11.5. The second-order valence-corrected chi connectivity index (χ2v) is 3.68. The number of rotatable bonds is 5. The summed E-state index contributed by atoms with van der Waals surface area (Å²) in [4.78, 5) is 15.5. The van der Waals surface area contributed by atoms with Gasteiger partial charge in [-0.1, -0.05) is 0 Å². The van der Waals surface area contributed by atoms with Gasteiger partial charge in [-0.15, -0.1) is 0 Å². The van der Waals surface area contributed by atoms with Crippen LogP contribution in [0, 0.1) is 0 Å². The largest absolute Gasteiger partial charge is 0.384 e. The second kappa shape index (κ2) is 5.92. The fourth-order valence-corrected chi connectivity index (χ4v) is 1.44. The summed E-state index contributed by atoms with van der Waals surface area (Å²) in [7, 11) is 1.56. The number of hydrogen-bond donors (Lipinski definition) is 1. The van der Waals surface area contributed by atoms with Gasteiger partial charge in [-0.2, -0.15) is 5.10 Å². The standard InChI is InChI=1S/C12H14N4O2/c1-18-6-4-12(17)15-10-7-14-16(9-10)11-3-2-5-13-8-11/h2-3,5,7-9H,4,6H2,1H3,(H,15,17). The van der Waals surface area contributed by atoms with Crippen LogP contribution in [0.3, 0.4) is 0 Å². The molecule has 0 aliphatic carbocycles. The minimum absolute atomic E-state index is 0.0948. The van der Waals surface area contributed by atoms with E-state index in [-0.39, 0.29) is 5.91 Å². The van der Waals surface area contributed by atoms with Crippen LogP contribution in [0.15, 0.2) is 36.9 Å². The van der Waals surface area contributed by atoms with E-state index in [0.717, 1.165) is 5.69 Å². The Bertz CT molecular complexity index is 510. The van der Waals surface area contributed by atoms with Crippen molar-refractivity contribution in [3.05, 3.63) is 36.9 Å². The number of pyridine rings is 1. The van der Waals surface area contributed by atoms with Gasteiger partial charge in [0.15, 0.2) is 0 Å². The molecular weight excluding hydrogens is 232 g/mol. The zero-order valence-electron chi connectivity index (χ0n) is 10.0. The van der Waals surface area contributed by atoms with E-state index in [1.807, 2.05) is 12.1 Å². The van der Waals surface area contributed by atoms with Crippen LogP contribution in [0.2, 0.25) is 0 Å². The Hall–Kier alpha value is -2.21. The second-order valence-electron chi connectivity index (χ2n) is 3.68. The molecule has 2 aromatic heterocycles. The summed E-state index contributed by atoms with van der Waals surface area (Å²) in [5.74, 6) is -0.0948. The summed E-state index contributed by atoms with van der Waals surface area (Å²) in [5, 5.41) is 6.89. The van der Waals surface area contributed by atoms with Crippen LogP contribution >= 0.6 is 0 Å². The molecule has 0 bridgehead atoms. The molecule has 1 N–H and O–H groups in total. The van der Waals surface area contributed by atoms with Gasteiger partial charge in [-0.05, 0) is 12.1 Å². The van der Waals surface area contributed by atoms with Gasteiger partial charge in [0.25, 0.3) is 0 Å². The van der Waals surface area contributed by atoms with Crippen LogP contribution < -0.4 is 5.32 Å². The van der Waals surface area contributed by atoms with Crippen molar-refractivity contribution in [1.29, 1.82) is 0 Å². The molecule has 0 radical (unpaired) electrons. The van der Waals surface area contributed by atoms with Crippen LogP contribution in [-0.2, 0) is 9.53 Å². The van der Waals surface area contributed by atoms with Crippen LogP contribution in [-0.4, -0.2) is 34.4 Å². The maximum absolute atomic E-state index is 11.5. The van der Waals surface area contributed by atoms with Crippen molar-refractivity contribution in [3.63, 3.8) is 0 Å². The normalized spacial score (nSPS) is 10.3. The lowest BCUT2D eigenvalue weighted by Gasteiger charge is -2.01. The van der Waals surface area contributed by atoms with Crippen LogP contribution in [0.1, 0.15) is 6.42 Å². The molecule has 0 aliphatic rings. The van der Waals surface area contributed by atoms with Gasteiger partial charge in [-0.3, -0.25) is 9.78 Å². The lowest BCUT2D eigenvalue weighted by Crippen LogP contribution is -2.13. The third kappa shape index (κ3) is 3.14. The summed E-state index contributed by atoms with van der Waals surface area (Å²) in [6, 6.07) is 3.71. The zero-order valence-corrected chi connectivity index (χ0v) is 10.0. The highest BCUT2D eigenvalue weighted by Gasteiger charge is 2.05. The third-order valence-corrected chi connectivity index (χ3v) is 2.31. The molecule has 0 unspecified atom stereocenters. The summed E-state index contributed by atoms with van der Waals surface area (Å²) in [5.41, 5.74) is 1.50. The minimum Gasteiger partial charge on any atom is -0.384 e. The van der Waals surface area contributed by atoms with Gasteiger partial charge >= 0.3 is 0 Å². The first-order valence-corrected chi connectivity index (χ1v) is 5.53. The van der Waals surface area contributed by atoms with Gasteiger partial charge in [0.1, 0.15) is 0 Å². The first-order valence-electron chi connectivity index (χ1n) is 5.53. The Labute approximate surface area is 105 Å². The molecule has 2 rings (SSSR count). The molecule has 0 saturated carbocycles. The molecular formula is C12H14N4O2. The Morgan fingerprint density at radius 1 is 1.50 bits per heavy atom. The number of amides is 1. The lowest BCUT2D eigenvalue weighted by molar-refractivity contribution is -0.117. The number of carbonyl (C=O) groups excluding carboxylic acids is 1. The van der Waals surface area contributed by atoms with Gasteiger partial charge in [0, 0.05) is 13.3 Å². The van der Waals surface area contributed by atoms with Crippen molar-refractivity contribution in [3.8, 4) is 5.69 Å². The molecule has 94 valence electrons. The number of anilines is 1. The lowest BCUT2D eigenvalue weighted by atomic mass is 10.4. The summed E-state index contributed by atoms with van der Waals surface area (Å²) in [6.07, 6.45) is 7.05. The van der Waals surface area contributed by atoms with Gasteiger partial charge in [0.2, 0.25) is 5.91 Å². The maximum Gasteiger partial charge on any atom is 0.226 e. The third-order valence-electron chi connectivity index (χ3n) is 2.31. The van der Waals surface area contributed by atoms with Crippen LogP contribution in [0.5, 0.6) is 0 Å². The van der Waals surface area contributed by atoms with E-state index in [2.05, 4.69) is 15.4 Å². The molecule has 1 amide bonds. The monoisotopic (exact) mass is 246 g/mol. The number of aromatic nitrogens is 3. The molecule has 6 heteroatoms. The smallest absolute Gasteiger partial charge is 0.226 e. The van der Waals surface area contributed by atoms with E-state index in [1.54, 1.807) is 36.6 Å². The molecule has 0 aliphatic heterocycles. The number of ether oxygens (including phenoxy) is 1. The first kappa shape index (κ1) is 12.3. The van der Waals surface area contributed by atoms with Crippen molar-refractivity contribution in [2.45, 2.75) is 6.42 Å². The minimum atomic E-state index is -0.0948. The molecule has 0 aromatic carbocycles. The van der Waals surface area contributed by atoms with Crippen molar-refractivity contribution < 1.29 is 9.53 Å². The summed E-state index contributed by atoms with van der Waals surface area (Å²) >= 11 is 0. The van der Waals surface area contributed by atoms with Crippen molar-refractivity contribution in [2.75, 3.05) is 19.0 Å². The fourth-order valence-electron chi connectivity index (χ4n) is 1.44. The van der Waals surface area contributed by atoms with E-state index in [9.17, 15) is 4.79 Å². The van der Waals surface area contributed by atoms with Crippen LogP contribution in [0.4, 0.5) is 5.69 Å². The van der Waals surface area contributed by atoms with Gasteiger partial charge in [-0.25, -0.2) is 4.68 Å². The van der Waals surface area contributed by atoms with Crippen molar-refractivity contribution >= 4 is 11.6 Å². The van der Waals surface area contributed by atoms with E-state index >= 15 is 0 Å². The summed E-state index contributed by atoms with van der Waals surface area (Å²) < 4.78 is 6.49. The number of methoxy groups -OCH3 is 1. The Morgan fingerprint density at radius 2 is 2.39 bits per heavy atom. The Kier molecular flexibility index (Phi) is 4.03. The van der Waals surface area contributed by atoms with E-state index in [4.69, 9.17) is 4.74 Å². The fraction of sp³-hybridized carbons (Fsp3) is 0.250. The van der Waals surface area contributed by atoms with E-state index in [0.29, 0.717) is 18.7 Å². The van der Waals surface area contributed by atoms with Crippen molar-refractivity contribution in [1.82, 2.24) is 14.8 Å². The van der Waals surface area contributed by atoms with Crippen molar-refractivity contribution in [2.24, 2.45) is 0 Å². The average molecular weight is 246 g/mol. The Balaban J connectivity index is 2.00. The Morgan fingerprint density at radius 3 is 3.11 bits per heavy atom. The van der Waals surface area contributed by atoms with E-state index in [1.165, 1.54) is 0 Å². The number of nitrogens with one attached hydrogen (secondary N) is 1. The highest BCUT2D eigenvalue weighted by molar-refractivity contribution is 5.90. The predicted molar refractivity (Wildman–Crippen MR) is 66.5 cm³/mol. The van der Waals surface area contributed by atoms with Crippen LogP contribution in [0.25, 0.3) is 5.69 Å². The molecule has 18 heavy (non-hydrogen) atoms.